The van der Waals surface area contributed by atoms with Crippen LogP contribution < -0.4 is 10.6 Å². The smallest absolute Gasteiger partial charge is 0.191 e. The Morgan fingerprint density at radius 1 is 1.37 bits per heavy atom. The second-order valence-corrected chi connectivity index (χ2v) is 8.65. The molecule has 0 spiro atoms. The Balaban J connectivity index is 1.58. The van der Waals surface area contributed by atoms with Crippen LogP contribution in [0.4, 0.5) is 0 Å². The van der Waals surface area contributed by atoms with Crippen molar-refractivity contribution in [1.29, 1.82) is 0 Å². The average molecular weight is 432 g/mol. The van der Waals surface area contributed by atoms with Gasteiger partial charge in [0, 0.05) is 42.3 Å². The maximum atomic E-state index is 4.52. The lowest BCUT2D eigenvalue weighted by atomic mass is 9.96. The third kappa shape index (κ3) is 4.54. The molecular weight excluding hydrogens is 402 g/mol. The van der Waals surface area contributed by atoms with Crippen molar-refractivity contribution < 1.29 is 0 Å². The van der Waals surface area contributed by atoms with Crippen LogP contribution in [0.1, 0.15) is 42.3 Å². The van der Waals surface area contributed by atoms with E-state index in [4.69, 9.17) is 0 Å². The molecule has 0 bridgehead atoms. The molecule has 1 aliphatic carbocycles. The van der Waals surface area contributed by atoms with Crippen molar-refractivity contribution in [3.63, 3.8) is 0 Å². The molecule has 6 heteroatoms. The second kappa shape index (κ2) is 8.05. The number of hydrogen-bond donors (Lipinski definition) is 2. The Hall–Kier alpha value is -1.82. The summed E-state index contributed by atoms with van der Waals surface area (Å²) in [5, 5.41) is 11.6. The quantitative estimate of drug-likeness (QED) is 0.542. The SMILES string of the molecule is CN=C(NCC1(c2cccc(Br)c2)CC1)NC(C)Cc1c(C)nn(C)c1C. The first-order valence-electron chi connectivity index (χ1n) is 9.57. The average Bonchev–Trinajstić information content (AvgIpc) is 3.39. The van der Waals surface area contributed by atoms with E-state index in [1.54, 1.807) is 0 Å². The van der Waals surface area contributed by atoms with E-state index in [1.807, 2.05) is 18.8 Å². The molecule has 27 heavy (non-hydrogen) atoms. The number of aromatic nitrogens is 2. The summed E-state index contributed by atoms with van der Waals surface area (Å²) in [6.45, 7) is 7.31. The zero-order chi connectivity index (χ0) is 19.6. The molecule has 1 aliphatic rings. The van der Waals surface area contributed by atoms with Crippen LogP contribution in [0, 0.1) is 13.8 Å². The van der Waals surface area contributed by atoms with Crippen LogP contribution in [-0.4, -0.2) is 35.4 Å². The third-order valence-electron chi connectivity index (χ3n) is 5.66. The van der Waals surface area contributed by atoms with Crippen LogP contribution in [0.25, 0.3) is 0 Å². The van der Waals surface area contributed by atoms with E-state index in [1.165, 1.54) is 29.7 Å². The predicted molar refractivity (Wildman–Crippen MR) is 115 cm³/mol. The van der Waals surface area contributed by atoms with Gasteiger partial charge in [0.05, 0.1) is 5.69 Å². The summed E-state index contributed by atoms with van der Waals surface area (Å²) < 4.78 is 3.10. The van der Waals surface area contributed by atoms with Gasteiger partial charge >= 0.3 is 0 Å². The van der Waals surface area contributed by atoms with Gasteiger partial charge in [-0.3, -0.25) is 9.67 Å². The maximum absolute atomic E-state index is 4.52. The molecular formula is C21H30BrN5. The molecule has 1 aromatic carbocycles. The van der Waals surface area contributed by atoms with Gasteiger partial charge in [0.25, 0.3) is 0 Å². The van der Waals surface area contributed by atoms with Crippen molar-refractivity contribution in [2.24, 2.45) is 12.0 Å². The van der Waals surface area contributed by atoms with Gasteiger partial charge in [0.2, 0.25) is 0 Å². The second-order valence-electron chi connectivity index (χ2n) is 7.74. The van der Waals surface area contributed by atoms with E-state index >= 15 is 0 Å². The molecule has 1 heterocycles. The lowest BCUT2D eigenvalue weighted by molar-refractivity contribution is 0.607. The van der Waals surface area contributed by atoms with Crippen LogP contribution in [-0.2, 0) is 18.9 Å². The van der Waals surface area contributed by atoms with Gasteiger partial charge in [-0.2, -0.15) is 5.10 Å². The highest BCUT2D eigenvalue weighted by atomic mass is 79.9. The first kappa shape index (κ1) is 19.9. The number of halogens is 1. The van der Waals surface area contributed by atoms with Crippen molar-refractivity contribution in [3.05, 3.63) is 51.3 Å². The fraction of sp³-hybridized carbons (Fsp3) is 0.524. The summed E-state index contributed by atoms with van der Waals surface area (Å²) in [5.74, 6) is 0.864. The molecule has 146 valence electrons. The molecule has 0 amide bonds. The van der Waals surface area contributed by atoms with Crippen LogP contribution >= 0.6 is 15.9 Å². The standard InChI is InChI=1S/C21H30BrN5/c1-14(11-19-15(2)26-27(5)16(19)3)25-20(23-4)24-13-21(9-10-21)17-7-6-8-18(22)12-17/h6-8,12,14H,9-11,13H2,1-5H3,(H2,23,24,25). The molecule has 0 radical (unpaired) electrons. The van der Waals surface area contributed by atoms with E-state index in [-0.39, 0.29) is 11.5 Å². The number of nitrogens with zero attached hydrogens (tertiary/aromatic N) is 3. The molecule has 1 saturated carbocycles. The third-order valence-corrected chi connectivity index (χ3v) is 6.15. The largest absolute Gasteiger partial charge is 0.356 e. The van der Waals surface area contributed by atoms with Crippen LogP contribution in [0.15, 0.2) is 33.7 Å². The van der Waals surface area contributed by atoms with Crippen molar-refractivity contribution >= 4 is 21.9 Å². The van der Waals surface area contributed by atoms with E-state index in [0.717, 1.165) is 29.1 Å². The van der Waals surface area contributed by atoms with Gasteiger partial charge in [-0.05, 0) is 63.3 Å². The summed E-state index contributed by atoms with van der Waals surface area (Å²) in [7, 11) is 3.84. The molecule has 1 aromatic heterocycles. The summed E-state index contributed by atoms with van der Waals surface area (Å²) in [5.41, 5.74) is 5.30. The minimum Gasteiger partial charge on any atom is -0.356 e. The number of nitrogens with one attached hydrogen (secondary N) is 2. The minimum absolute atomic E-state index is 0.237. The first-order valence-corrected chi connectivity index (χ1v) is 10.4. The van der Waals surface area contributed by atoms with E-state index < -0.39 is 0 Å². The number of aryl methyl sites for hydroxylation is 2. The van der Waals surface area contributed by atoms with Gasteiger partial charge in [0.1, 0.15) is 0 Å². The fourth-order valence-electron chi connectivity index (χ4n) is 3.69. The van der Waals surface area contributed by atoms with E-state index in [0.29, 0.717) is 0 Å². The molecule has 0 saturated heterocycles. The normalized spacial score (nSPS) is 16.9. The molecule has 1 unspecified atom stereocenters. The molecule has 1 atom stereocenters. The molecule has 2 N–H and O–H groups in total. The highest BCUT2D eigenvalue weighted by Gasteiger charge is 2.44. The summed E-state index contributed by atoms with van der Waals surface area (Å²) >= 11 is 3.59. The Morgan fingerprint density at radius 2 is 2.11 bits per heavy atom. The van der Waals surface area contributed by atoms with Crippen LogP contribution in [0.3, 0.4) is 0 Å². The summed E-state index contributed by atoms with van der Waals surface area (Å²) in [6, 6.07) is 8.94. The number of hydrogen-bond acceptors (Lipinski definition) is 2. The molecule has 1 fully saturated rings. The zero-order valence-corrected chi connectivity index (χ0v) is 18.5. The predicted octanol–water partition coefficient (Wildman–Crippen LogP) is 3.63. The lowest BCUT2D eigenvalue weighted by Gasteiger charge is -2.22. The van der Waals surface area contributed by atoms with Gasteiger partial charge in [-0.15, -0.1) is 0 Å². The van der Waals surface area contributed by atoms with Gasteiger partial charge in [-0.25, -0.2) is 0 Å². The minimum atomic E-state index is 0.237. The Labute approximate surface area is 170 Å². The monoisotopic (exact) mass is 431 g/mol. The van der Waals surface area contributed by atoms with Crippen molar-refractivity contribution in [1.82, 2.24) is 20.4 Å². The molecule has 5 nitrogen and oxygen atoms in total. The fourth-order valence-corrected chi connectivity index (χ4v) is 4.09. The zero-order valence-electron chi connectivity index (χ0n) is 16.9. The molecule has 2 aromatic rings. The first-order chi connectivity index (χ1) is 12.8. The Bertz CT molecular complexity index is 835. The summed E-state index contributed by atoms with van der Waals surface area (Å²) in [4.78, 5) is 4.43. The topological polar surface area (TPSA) is 54.2 Å². The van der Waals surface area contributed by atoms with Crippen molar-refractivity contribution in [3.8, 4) is 0 Å². The van der Waals surface area contributed by atoms with Crippen molar-refractivity contribution in [2.45, 2.75) is 51.5 Å². The molecule has 0 aliphatic heterocycles. The van der Waals surface area contributed by atoms with Crippen LogP contribution in [0.5, 0.6) is 0 Å². The number of aliphatic imine (C=N–C) groups is 1. The van der Waals surface area contributed by atoms with E-state index in [2.05, 4.69) is 81.7 Å². The van der Waals surface area contributed by atoms with Crippen molar-refractivity contribution in [2.75, 3.05) is 13.6 Å². The number of benzene rings is 1. The van der Waals surface area contributed by atoms with Crippen LogP contribution in [0.2, 0.25) is 0 Å². The Kier molecular flexibility index (Phi) is 5.94. The number of rotatable bonds is 6. The van der Waals surface area contributed by atoms with Gasteiger partial charge in [0.15, 0.2) is 5.96 Å². The number of guanidine groups is 1. The van der Waals surface area contributed by atoms with Gasteiger partial charge in [-0.1, -0.05) is 28.1 Å². The van der Waals surface area contributed by atoms with Gasteiger partial charge < -0.3 is 10.6 Å². The highest BCUT2D eigenvalue weighted by Crippen LogP contribution is 2.48. The van der Waals surface area contributed by atoms with E-state index in [9.17, 15) is 0 Å². The highest BCUT2D eigenvalue weighted by molar-refractivity contribution is 9.10. The Morgan fingerprint density at radius 3 is 2.67 bits per heavy atom. The summed E-state index contributed by atoms with van der Waals surface area (Å²) in [6.07, 6.45) is 3.37. The maximum Gasteiger partial charge on any atom is 0.191 e. The molecule has 3 rings (SSSR count). The lowest BCUT2D eigenvalue weighted by Crippen LogP contribution is -2.45.